The molecule has 0 N–H and O–H groups in total. The maximum absolute atomic E-state index is 6.28. The van der Waals surface area contributed by atoms with Crippen molar-refractivity contribution in [2.24, 2.45) is 5.41 Å². The van der Waals surface area contributed by atoms with Gasteiger partial charge < -0.3 is 9.31 Å². The lowest BCUT2D eigenvalue weighted by molar-refractivity contribution is -0.109. The standard InChI is InChI=1S/C18H25BO2/c1-15(2)16(3,4)21-19(20-15)18-11-17(12-18,13-18)10-14-8-6-5-7-9-14/h5-9H,10-13H2,1-4H3. The molecule has 4 aliphatic rings. The number of hydrogen-bond acceptors (Lipinski definition) is 2. The van der Waals surface area contributed by atoms with E-state index in [1.54, 1.807) is 0 Å². The predicted octanol–water partition coefficient (Wildman–Crippen LogP) is 4.25. The van der Waals surface area contributed by atoms with Gasteiger partial charge >= 0.3 is 7.12 Å². The fraction of sp³-hybridized carbons (Fsp3) is 0.667. The summed E-state index contributed by atoms with van der Waals surface area (Å²) in [7, 11) is 0.000137. The van der Waals surface area contributed by atoms with E-state index in [2.05, 4.69) is 58.0 Å². The highest BCUT2D eigenvalue weighted by Crippen LogP contribution is 2.81. The first-order chi connectivity index (χ1) is 9.76. The smallest absolute Gasteiger partial charge is 0.403 e. The van der Waals surface area contributed by atoms with Gasteiger partial charge in [0.15, 0.2) is 0 Å². The highest BCUT2D eigenvalue weighted by Gasteiger charge is 2.76. The van der Waals surface area contributed by atoms with E-state index in [1.165, 1.54) is 31.2 Å². The summed E-state index contributed by atoms with van der Waals surface area (Å²) >= 11 is 0. The van der Waals surface area contributed by atoms with Crippen LogP contribution in [0.15, 0.2) is 30.3 Å². The molecule has 1 aliphatic heterocycles. The lowest BCUT2D eigenvalue weighted by atomic mass is 9.23. The molecule has 21 heavy (non-hydrogen) atoms. The Labute approximate surface area is 128 Å². The van der Waals surface area contributed by atoms with Crippen LogP contribution < -0.4 is 0 Å². The summed E-state index contributed by atoms with van der Waals surface area (Å²) in [6.07, 6.45) is 5.03. The number of hydrogen-bond donors (Lipinski definition) is 0. The van der Waals surface area contributed by atoms with Gasteiger partial charge in [0, 0.05) is 5.31 Å². The molecule has 1 aromatic carbocycles. The molecule has 4 fully saturated rings. The lowest BCUT2D eigenvalue weighted by Gasteiger charge is -2.71. The first kappa shape index (κ1) is 13.8. The Morgan fingerprint density at radius 1 is 0.905 bits per heavy atom. The largest absolute Gasteiger partial charge is 0.464 e. The maximum atomic E-state index is 6.28. The molecule has 2 bridgehead atoms. The van der Waals surface area contributed by atoms with Crippen molar-refractivity contribution in [2.75, 3.05) is 0 Å². The van der Waals surface area contributed by atoms with E-state index in [1.807, 2.05) is 0 Å². The lowest BCUT2D eigenvalue weighted by Crippen LogP contribution is -2.64. The molecule has 0 spiro atoms. The zero-order valence-corrected chi connectivity index (χ0v) is 13.6. The monoisotopic (exact) mass is 284 g/mol. The molecule has 3 heteroatoms. The van der Waals surface area contributed by atoms with Gasteiger partial charge in [0.05, 0.1) is 11.2 Å². The van der Waals surface area contributed by atoms with E-state index >= 15 is 0 Å². The summed E-state index contributed by atoms with van der Waals surface area (Å²) in [5.74, 6) is 0. The molecule has 3 saturated carbocycles. The third-order valence-corrected chi connectivity index (χ3v) is 6.36. The third-order valence-electron chi connectivity index (χ3n) is 6.36. The number of rotatable bonds is 3. The van der Waals surface area contributed by atoms with E-state index in [4.69, 9.17) is 9.31 Å². The van der Waals surface area contributed by atoms with Gasteiger partial charge in [0.1, 0.15) is 0 Å². The van der Waals surface area contributed by atoms with Gasteiger partial charge in [-0.3, -0.25) is 0 Å². The Kier molecular flexibility index (Phi) is 2.59. The molecular formula is C18H25BO2. The van der Waals surface area contributed by atoms with Crippen molar-refractivity contribution in [1.29, 1.82) is 0 Å². The zero-order valence-electron chi connectivity index (χ0n) is 13.6. The van der Waals surface area contributed by atoms with Crippen LogP contribution in [0.1, 0.15) is 52.5 Å². The summed E-state index contributed by atoms with van der Waals surface area (Å²) in [6.45, 7) is 8.60. The second-order valence-electron chi connectivity index (χ2n) is 8.64. The van der Waals surface area contributed by atoms with Gasteiger partial charge in [-0.05, 0) is 64.4 Å². The molecule has 1 aromatic rings. The molecule has 3 aliphatic carbocycles. The Hall–Kier alpha value is -0.795. The van der Waals surface area contributed by atoms with Gasteiger partial charge in [0.25, 0.3) is 0 Å². The van der Waals surface area contributed by atoms with Crippen molar-refractivity contribution in [1.82, 2.24) is 0 Å². The molecule has 0 atom stereocenters. The van der Waals surface area contributed by atoms with Crippen molar-refractivity contribution in [3.05, 3.63) is 35.9 Å². The molecule has 0 amide bonds. The van der Waals surface area contributed by atoms with Gasteiger partial charge in [-0.2, -0.15) is 0 Å². The quantitative estimate of drug-likeness (QED) is 0.773. The summed E-state index contributed by atoms with van der Waals surface area (Å²) in [5, 5.41) is 0.305. The molecule has 1 heterocycles. The number of benzene rings is 1. The highest BCUT2D eigenvalue weighted by atomic mass is 16.7. The molecule has 0 radical (unpaired) electrons. The van der Waals surface area contributed by atoms with E-state index in [9.17, 15) is 0 Å². The molecule has 112 valence electrons. The molecule has 5 rings (SSSR count). The average Bonchev–Trinajstić information content (AvgIpc) is 2.52. The minimum atomic E-state index is -0.195. The molecule has 0 aromatic heterocycles. The Morgan fingerprint density at radius 2 is 1.43 bits per heavy atom. The van der Waals surface area contributed by atoms with Gasteiger partial charge in [-0.15, -0.1) is 0 Å². The summed E-state index contributed by atoms with van der Waals surface area (Å²) in [5.41, 5.74) is 1.62. The maximum Gasteiger partial charge on any atom is 0.464 e. The van der Waals surface area contributed by atoms with Gasteiger partial charge in [-0.25, -0.2) is 0 Å². The predicted molar refractivity (Wildman–Crippen MR) is 85.2 cm³/mol. The SMILES string of the molecule is CC1(C)OB(C23CC(Cc4ccccc4)(C2)C3)OC1(C)C. The van der Waals surface area contributed by atoms with Crippen LogP contribution in [0.3, 0.4) is 0 Å². The van der Waals surface area contributed by atoms with Gasteiger partial charge in [-0.1, -0.05) is 30.3 Å². The van der Waals surface area contributed by atoms with Crippen molar-refractivity contribution >= 4 is 7.12 Å². The summed E-state index contributed by atoms with van der Waals surface area (Å²) in [4.78, 5) is 0. The highest BCUT2D eigenvalue weighted by molar-refractivity contribution is 6.51. The average molecular weight is 284 g/mol. The van der Waals surface area contributed by atoms with Crippen molar-refractivity contribution < 1.29 is 9.31 Å². The van der Waals surface area contributed by atoms with Crippen LogP contribution in [0.4, 0.5) is 0 Å². The first-order valence-corrected chi connectivity index (χ1v) is 8.16. The van der Waals surface area contributed by atoms with Crippen molar-refractivity contribution in [3.63, 3.8) is 0 Å². The molecule has 0 unspecified atom stereocenters. The third kappa shape index (κ3) is 1.87. The van der Waals surface area contributed by atoms with Crippen LogP contribution in [0, 0.1) is 5.41 Å². The van der Waals surface area contributed by atoms with E-state index < -0.39 is 0 Å². The Morgan fingerprint density at radius 3 is 1.95 bits per heavy atom. The topological polar surface area (TPSA) is 18.5 Å². The van der Waals surface area contributed by atoms with Crippen LogP contribution in [0.2, 0.25) is 5.31 Å². The fourth-order valence-electron chi connectivity index (χ4n) is 4.64. The van der Waals surface area contributed by atoms with Crippen LogP contribution in [-0.4, -0.2) is 18.3 Å². The van der Waals surface area contributed by atoms with E-state index in [0.29, 0.717) is 10.7 Å². The molecule has 2 nitrogen and oxygen atoms in total. The Bertz CT molecular complexity index is 528. The van der Waals surface area contributed by atoms with Crippen molar-refractivity contribution in [2.45, 2.75) is 69.9 Å². The van der Waals surface area contributed by atoms with Crippen LogP contribution in [-0.2, 0) is 15.7 Å². The van der Waals surface area contributed by atoms with Crippen LogP contribution >= 0.6 is 0 Å². The second-order valence-corrected chi connectivity index (χ2v) is 8.64. The summed E-state index contributed by atoms with van der Waals surface area (Å²) < 4.78 is 12.6. The Balaban J connectivity index is 1.42. The van der Waals surface area contributed by atoms with Crippen LogP contribution in [0.25, 0.3) is 0 Å². The minimum absolute atomic E-state index is 0.000137. The second kappa shape index (κ2) is 3.94. The first-order valence-electron chi connectivity index (χ1n) is 8.16. The molecule has 1 saturated heterocycles. The van der Waals surface area contributed by atoms with Crippen LogP contribution in [0.5, 0.6) is 0 Å². The normalized spacial score (nSPS) is 38.8. The summed E-state index contributed by atoms with van der Waals surface area (Å²) in [6, 6.07) is 10.9. The molecular weight excluding hydrogens is 259 g/mol. The minimum Gasteiger partial charge on any atom is -0.403 e. The van der Waals surface area contributed by atoms with Gasteiger partial charge in [0.2, 0.25) is 0 Å². The van der Waals surface area contributed by atoms with E-state index in [0.717, 1.165) is 0 Å². The fourth-order valence-corrected chi connectivity index (χ4v) is 4.64. The van der Waals surface area contributed by atoms with E-state index in [-0.39, 0.29) is 18.3 Å². The zero-order chi connectivity index (χ0) is 14.9. The van der Waals surface area contributed by atoms with Crippen molar-refractivity contribution in [3.8, 4) is 0 Å².